The van der Waals surface area contributed by atoms with Gasteiger partial charge in [0.15, 0.2) is 0 Å². The van der Waals surface area contributed by atoms with Crippen LogP contribution in [0.1, 0.15) is 10.4 Å². The molecule has 0 aliphatic heterocycles. The first-order valence-corrected chi connectivity index (χ1v) is 5.85. The average Bonchev–Trinajstić information content (AvgIpc) is 2.79. The molecule has 0 atom stereocenters. The van der Waals surface area contributed by atoms with Gasteiger partial charge in [-0.2, -0.15) is 5.10 Å². The molecular weight excluding hydrogens is 289 g/mol. The lowest BCUT2D eigenvalue weighted by molar-refractivity contribution is -0.137. The number of anilines is 1. The van der Waals surface area contributed by atoms with Gasteiger partial charge in [-0.25, -0.2) is 4.39 Å². The van der Waals surface area contributed by atoms with E-state index >= 15 is 0 Å². The molecule has 2 aromatic rings. The van der Waals surface area contributed by atoms with E-state index < -0.39 is 17.7 Å². The number of carbonyl (C=O) groups is 2. The van der Waals surface area contributed by atoms with Gasteiger partial charge in [-0.15, -0.1) is 0 Å². The minimum absolute atomic E-state index is 0.0161. The molecule has 1 aromatic heterocycles. The Balaban J connectivity index is 2.13. The molecular formula is C12H9ClFN3O3. The summed E-state index contributed by atoms with van der Waals surface area (Å²) in [4.78, 5) is 22.4. The molecule has 1 heterocycles. The van der Waals surface area contributed by atoms with Crippen molar-refractivity contribution >= 4 is 29.2 Å². The van der Waals surface area contributed by atoms with Gasteiger partial charge in [0.25, 0.3) is 5.91 Å². The van der Waals surface area contributed by atoms with E-state index in [2.05, 4.69) is 10.4 Å². The highest BCUT2D eigenvalue weighted by Crippen LogP contribution is 2.20. The van der Waals surface area contributed by atoms with Crippen molar-refractivity contribution < 1.29 is 19.1 Å². The lowest BCUT2D eigenvalue weighted by Crippen LogP contribution is -2.13. The molecule has 0 bridgehead atoms. The van der Waals surface area contributed by atoms with Gasteiger partial charge in [0, 0.05) is 6.20 Å². The van der Waals surface area contributed by atoms with Crippen molar-refractivity contribution in [3.8, 4) is 0 Å². The number of amides is 1. The van der Waals surface area contributed by atoms with E-state index in [4.69, 9.17) is 16.7 Å². The van der Waals surface area contributed by atoms with Crippen molar-refractivity contribution in [3.63, 3.8) is 0 Å². The maximum absolute atomic E-state index is 13.2. The van der Waals surface area contributed by atoms with Crippen molar-refractivity contribution in [2.45, 2.75) is 6.54 Å². The molecule has 8 heteroatoms. The molecule has 0 saturated heterocycles. The van der Waals surface area contributed by atoms with Crippen molar-refractivity contribution in [2.24, 2.45) is 0 Å². The lowest BCUT2D eigenvalue weighted by atomic mass is 10.2. The number of hydrogen-bond acceptors (Lipinski definition) is 3. The predicted octanol–water partition coefficient (Wildman–Crippen LogP) is 2.01. The molecule has 1 amide bonds. The fourth-order valence-electron chi connectivity index (χ4n) is 1.53. The molecule has 0 unspecified atom stereocenters. The quantitative estimate of drug-likeness (QED) is 0.904. The van der Waals surface area contributed by atoms with Crippen LogP contribution in [0.15, 0.2) is 30.6 Å². The lowest BCUT2D eigenvalue weighted by Gasteiger charge is -2.04. The summed E-state index contributed by atoms with van der Waals surface area (Å²) in [5, 5.41) is 14.5. The average molecular weight is 298 g/mol. The second kappa shape index (κ2) is 5.70. The summed E-state index contributed by atoms with van der Waals surface area (Å²) < 4.78 is 14.4. The number of carboxylic acid groups (broad SMARTS) is 1. The fraction of sp³-hybridized carbons (Fsp3) is 0.0833. The normalized spacial score (nSPS) is 10.3. The molecule has 0 radical (unpaired) electrons. The summed E-state index contributed by atoms with van der Waals surface area (Å²) in [5.74, 6) is -2.36. The zero-order valence-corrected chi connectivity index (χ0v) is 10.8. The van der Waals surface area contributed by atoms with E-state index in [1.807, 2.05) is 0 Å². The summed E-state index contributed by atoms with van der Waals surface area (Å²) in [6, 6.07) is 3.89. The van der Waals surface area contributed by atoms with Gasteiger partial charge < -0.3 is 10.4 Å². The van der Waals surface area contributed by atoms with E-state index in [0.29, 0.717) is 0 Å². The summed E-state index contributed by atoms with van der Waals surface area (Å²) >= 11 is 5.69. The number of halogens is 2. The number of carbonyl (C=O) groups excluding carboxylic acids is 1. The summed E-state index contributed by atoms with van der Waals surface area (Å²) in [7, 11) is 0. The Kier molecular flexibility index (Phi) is 3.99. The molecule has 104 valence electrons. The molecule has 1 aromatic carbocycles. The minimum atomic E-state index is -1.06. The van der Waals surface area contributed by atoms with Gasteiger partial charge >= 0.3 is 5.97 Å². The number of nitrogens with one attached hydrogen (secondary N) is 1. The van der Waals surface area contributed by atoms with E-state index in [1.54, 1.807) is 0 Å². The minimum Gasteiger partial charge on any atom is -0.480 e. The SMILES string of the molecule is O=C(O)Cn1cc(NC(=O)c2cccc(F)c2Cl)cn1. The van der Waals surface area contributed by atoms with Crippen LogP contribution in [0.25, 0.3) is 0 Å². The van der Waals surface area contributed by atoms with Crippen LogP contribution >= 0.6 is 11.6 Å². The number of rotatable bonds is 4. The van der Waals surface area contributed by atoms with Crippen LogP contribution in [-0.4, -0.2) is 26.8 Å². The third-order valence-electron chi connectivity index (χ3n) is 2.38. The molecule has 0 spiro atoms. The van der Waals surface area contributed by atoms with Gasteiger partial charge in [0.2, 0.25) is 0 Å². The Bertz CT molecular complexity index is 672. The Hall–Kier alpha value is -2.41. The van der Waals surface area contributed by atoms with Gasteiger partial charge in [0.05, 0.1) is 22.5 Å². The Morgan fingerprint density at radius 2 is 2.20 bits per heavy atom. The Morgan fingerprint density at radius 3 is 2.90 bits per heavy atom. The Morgan fingerprint density at radius 1 is 1.45 bits per heavy atom. The first kappa shape index (κ1) is 14.0. The second-order valence-corrected chi connectivity index (χ2v) is 4.25. The van der Waals surface area contributed by atoms with Crippen LogP contribution in [-0.2, 0) is 11.3 Å². The highest BCUT2D eigenvalue weighted by molar-refractivity contribution is 6.34. The molecule has 0 aliphatic carbocycles. The van der Waals surface area contributed by atoms with Crippen LogP contribution in [0.5, 0.6) is 0 Å². The van der Waals surface area contributed by atoms with Crippen LogP contribution in [0.4, 0.5) is 10.1 Å². The second-order valence-electron chi connectivity index (χ2n) is 3.88. The van der Waals surface area contributed by atoms with Crippen LogP contribution in [0.2, 0.25) is 5.02 Å². The Labute approximate surface area is 117 Å². The smallest absolute Gasteiger partial charge is 0.325 e. The number of aliphatic carboxylic acids is 1. The maximum atomic E-state index is 13.2. The summed E-state index contributed by atoms with van der Waals surface area (Å²) in [5.41, 5.74) is 0.272. The first-order valence-electron chi connectivity index (χ1n) is 5.47. The van der Waals surface area contributed by atoms with E-state index in [9.17, 15) is 14.0 Å². The highest BCUT2D eigenvalue weighted by atomic mass is 35.5. The predicted molar refractivity (Wildman–Crippen MR) is 69.2 cm³/mol. The van der Waals surface area contributed by atoms with E-state index in [1.165, 1.54) is 24.5 Å². The standard InChI is InChI=1S/C12H9ClFN3O3/c13-11-8(2-1-3-9(11)14)12(20)16-7-4-15-17(5-7)6-10(18)19/h1-5H,6H2,(H,16,20)(H,18,19). The van der Waals surface area contributed by atoms with Crippen molar-refractivity contribution in [1.29, 1.82) is 0 Å². The van der Waals surface area contributed by atoms with Gasteiger partial charge in [0.1, 0.15) is 12.4 Å². The summed E-state index contributed by atoms with van der Waals surface area (Å²) in [6.45, 7) is -0.323. The van der Waals surface area contributed by atoms with Gasteiger partial charge in [-0.1, -0.05) is 17.7 Å². The summed E-state index contributed by atoms with van der Waals surface area (Å²) in [6.07, 6.45) is 2.63. The molecule has 6 nitrogen and oxygen atoms in total. The number of aromatic nitrogens is 2. The van der Waals surface area contributed by atoms with E-state index in [-0.39, 0.29) is 22.8 Å². The molecule has 20 heavy (non-hydrogen) atoms. The number of carboxylic acids is 1. The zero-order valence-electron chi connectivity index (χ0n) is 10.0. The monoisotopic (exact) mass is 297 g/mol. The fourth-order valence-corrected chi connectivity index (χ4v) is 1.74. The van der Waals surface area contributed by atoms with Crippen LogP contribution < -0.4 is 5.32 Å². The van der Waals surface area contributed by atoms with Crippen LogP contribution in [0, 0.1) is 5.82 Å². The first-order chi connectivity index (χ1) is 9.47. The number of hydrogen-bond donors (Lipinski definition) is 2. The van der Waals surface area contributed by atoms with Crippen LogP contribution in [0.3, 0.4) is 0 Å². The third kappa shape index (κ3) is 3.12. The van der Waals surface area contributed by atoms with Crippen molar-refractivity contribution in [3.05, 3.63) is 47.0 Å². The number of nitrogens with zero attached hydrogens (tertiary/aromatic N) is 2. The largest absolute Gasteiger partial charge is 0.480 e. The zero-order chi connectivity index (χ0) is 14.7. The molecule has 2 rings (SSSR count). The topological polar surface area (TPSA) is 84.2 Å². The van der Waals surface area contributed by atoms with Gasteiger partial charge in [-0.3, -0.25) is 14.3 Å². The maximum Gasteiger partial charge on any atom is 0.325 e. The molecule has 2 N–H and O–H groups in total. The third-order valence-corrected chi connectivity index (χ3v) is 2.77. The van der Waals surface area contributed by atoms with E-state index in [0.717, 1.165) is 10.7 Å². The number of benzene rings is 1. The van der Waals surface area contributed by atoms with Crippen molar-refractivity contribution in [2.75, 3.05) is 5.32 Å². The molecule has 0 aliphatic rings. The molecule has 0 saturated carbocycles. The molecule has 0 fully saturated rings. The van der Waals surface area contributed by atoms with Gasteiger partial charge in [-0.05, 0) is 12.1 Å². The highest BCUT2D eigenvalue weighted by Gasteiger charge is 2.14. The van der Waals surface area contributed by atoms with Crippen molar-refractivity contribution in [1.82, 2.24) is 9.78 Å².